The zero-order chi connectivity index (χ0) is 20.2. The highest BCUT2D eigenvalue weighted by molar-refractivity contribution is 5.71. The first-order valence-corrected chi connectivity index (χ1v) is 9.69. The number of benzene rings is 1. The molecule has 0 saturated carbocycles. The summed E-state index contributed by atoms with van der Waals surface area (Å²) in [6.45, 7) is 3.40. The van der Waals surface area contributed by atoms with Gasteiger partial charge in [0.2, 0.25) is 6.41 Å². The van der Waals surface area contributed by atoms with E-state index in [9.17, 15) is 4.79 Å². The fourth-order valence-electron chi connectivity index (χ4n) is 2.99. The number of nitrogens with one attached hydrogen (secondary N) is 1. The molecule has 0 aliphatic carbocycles. The molecule has 0 radical (unpaired) electrons. The van der Waals surface area contributed by atoms with Crippen LogP contribution in [0, 0.1) is 0 Å². The fraction of sp³-hybridized carbons (Fsp3) is 0.273. The number of aromatic nitrogens is 3. The van der Waals surface area contributed by atoms with E-state index in [-0.39, 0.29) is 1.43 Å². The molecule has 1 fully saturated rings. The van der Waals surface area contributed by atoms with E-state index < -0.39 is 0 Å². The first kappa shape index (κ1) is 20.4. The lowest BCUT2D eigenvalue weighted by Crippen LogP contribution is -2.29. The third-order valence-corrected chi connectivity index (χ3v) is 4.40. The second kappa shape index (κ2) is 11.5. The van der Waals surface area contributed by atoms with E-state index in [1.54, 1.807) is 55.1 Å². The molecule has 29 heavy (non-hydrogen) atoms. The second-order valence-corrected chi connectivity index (χ2v) is 6.61. The quantitative estimate of drug-likeness (QED) is 0.634. The Hall–Kier alpha value is -3.32. The van der Waals surface area contributed by atoms with Gasteiger partial charge in [-0.15, -0.1) is 0 Å². The summed E-state index contributed by atoms with van der Waals surface area (Å²) in [5.74, 6) is 1.38. The molecule has 1 aromatic carbocycles. The average molecular weight is 393 g/mol. The smallest absolute Gasteiger partial charge is 0.211 e. The molecule has 7 nitrogen and oxygen atoms in total. The van der Waals surface area contributed by atoms with Crippen LogP contribution in [0.1, 0.15) is 26.4 Å². The lowest BCUT2D eigenvalue weighted by atomic mass is 10.1. The van der Waals surface area contributed by atoms with E-state index in [1.165, 1.54) is 32.4 Å². The van der Waals surface area contributed by atoms with Crippen molar-refractivity contribution in [2.75, 3.05) is 18.4 Å². The van der Waals surface area contributed by atoms with Crippen LogP contribution in [0.15, 0.2) is 67.4 Å². The van der Waals surface area contributed by atoms with Gasteiger partial charge in [-0.05, 0) is 62.3 Å². The highest BCUT2D eigenvalue weighted by Gasteiger charge is 2.10. The van der Waals surface area contributed by atoms with E-state index in [4.69, 9.17) is 4.74 Å². The molecule has 0 atom stereocenters. The summed E-state index contributed by atoms with van der Waals surface area (Å²) in [6.07, 6.45) is 13.4. The van der Waals surface area contributed by atoms with Crippen LogP contribution >= 0.6 is 0 Å². The van der Waals surface area contributed by atoms with Crippen molar-refractivity contribution in [2.45, 2.75) is 25.8 Å². The Morgan fingerprint density at radius 2 is 1.76 bits per heavy atom. The van der Waals surface area contributed by atoms with E-state index >= 15 is 0 Å². The maximum atomic E-state index is 10.2. The lowest BCUT2D eigenvalue weighted by Gasteiger charge is -2.25. The van der Waals surface area contributed by atoms with E-state index in [0.717, 1.165) is 17.9 Å². The van der Waals surface area contributed by atoms with Crippen molar-refractivity contribution in [3.63, 3.8) is 0 Å². The molecule has 3 heterocycles. The SMILES string of the molecule is O=CNc1ccc(Oc2cccnc2)cc1.[HH].c1cnc(CN2CCCCC2)cn1. The standard InChI is InChI=1S/C12H10N2O2.C10H15N3.H2/c15-9-14-10-3-5-11(6-4-10)16-12-2-1-7-13-8-12;1-2-6-13(7-3-1)9-10-8-11-4-5-12-10;/h1-9H,(H,14,15);4-5,8H,1-3,6-7,9H2;1H. The molecule has 4 rings (SSSR count). The van der Waals surface area contributed by atoms with Gasteiger partial charge in [0.1, 0.15) is 11.5 Å². The highest BCUT2D eigenvalue weighted by atomic mass is 16.5. The lowest BCUT2D eigenvalue weighted by molar-refractivity contribution is -0.105. The van der Waals surface area contributed by atoms with Crippen molar-refractivity contribution in [3.8, 4) is 11.5 Å². The molecule has 0 unspecified atom stereocenters. The van der Waals surface area contributed by atoms with Gasteiger partial charge in [-0.1, -0.05) is 6.42 Å². The Morgan fingerprint density at radius 1 is 0.966 bits per heavy atom. The fourth-order valence-corrected chi connectivity index (χ4v) is 2.99. The molecule has 1 aliphatic heterocycles. The number of ether oxygens (including phenoxy) is 1. The molecular weight excluding hydrogens is 366 g/mol. The van der Waals surface area contributed by atoms with Crippen LogP contribution in [0.2, 0.25) is 0 Å². The van der Waals surface area contributed by atoms with Gasteiger partial charge in [0.25, 0.3) is 0 Å². The number of amides is 1. The largest absolute Gasteiger partial charge is 0.456 e. The minimum Gasteiger partial charge on any atom is -0.456 e. The second-order valence-electron chi connectivity index (χ2n) is 6.61. The summed E-state index contributed by atoms with van der Waals surface area (Å²) < 4.78 is 5.53. The maximum absolute atomic E-state index is 10.2. The minimum absolute atomic E-state index is 0. The number of pyridine rings is 1. The van der Waals surface area contributed by atoms with E-state index in [2.05, 4.69) is 25.2 Å². The summed E-state index contributed by atoms with van der Waals surface area (Å²) in [4.78, 5) is 24.9. The van der Waals surface area contributed by atoms with Crippen molar-refractivity contribution >= 4 is 12.1 Å². The number of anilines is 1. The van der Waals surface area contributed by atoms with Crippen LogP contribution in [0.3, 0.4) is 0 Å². The summed E-state index contributed by atoms with van der Waals surface area (Å²) >= 11 is 0. The van der Waals surface area contributed by atoms with Crippen LogP contribution in [-0.2, 0) is 11.3 Å². The monoisotopic (exact) mass is 393 g/mol. The third-order valence-electron chi connectivity index (χ3n) is 4.40. The molecule has 1 N–H and O–H groups in total. The number of hydrogen-bond acceptors (Lipinski definition) is 6. The third kappa shape index (κ3) is 7.31. The topological polar surface area (TPSA) is 80.2 Å². The average Bonchev–Trinajstić information content (AvgIpc) is 2.78. The van der Waals surface area contributed by atoms with Crippen LogP contribution < -0.4 is 10.1 Å². The molecule has 0 bridgehead atoms. The molecule has 1 saturated heterocycles. The van der Waals surface area contributed by atoms with Gasteiger partial charge in [0, 0.05) is 38.4 Å². The van der Waals surface area contributed by atoms with Crippen molar-refractivity contribution < 1.29 is 11.0 Å². The minimum atomic E-state index is 0. The van der Waals surface area contributed by atoms with Gasteiger partial charge >= 0.3 is 0 Å². The van der Waals surface area contributed by atoms with Crippen LogP contribution in [0.5, 0.6) is 11.5 Å². The zero-order valence-corrected chi connectivity index (χ0v) is 16.3. The van der Waals surface area contributed by atoms with Gasteiger partial charge < -0.3 is 10.1 Å². The molecule has 1 aliphatic rings. The van der Waals surface area contributed by atoms with Crippen LogP contribution in [0.25, 0.3) is 0 Å². The molecule has 152 valence electrons. The summed E-state index contributed by atoms with van der Waals surface area (Å²) in [5.41, 5.74) is 1.82. The highest BCUT2D eigenvalue weighted by Crippen LogP contribution is 2.21. The molecule has 3 aromatic rings. The van der Waals surface area contributed by atoms with Crippen molar-refractivity contribution in [1.82, 2.24) is 19.9 Å². The first-order valence-electron chi connectivity index (χ1n) is 9.69. The first-order chi connectivity index (χ1) is 14.3. The number of carbonyl (C=O) groups is 1. The molecular formula is C22H27N5O2. The molecule has 7 heteroatoms. The van der Waals surface area contributed by atoms with Gasteiger partial charge in [0.15, 0.2) is 0 Å². The van der Waals surface area contributed by atoms with Crippen molar-refractivity contribution in [1.29, 1.82) is 0 Å². The predicted octanol–water partition coefficient (Wildman–Crippen LogP) is 4.15. The van der Waals surface area contributed by atoms with E-state index in [0.29, 0.717) is 17.9 Å². The zero-order valence-electron chi connectivity index (χ0n) is 16.3. The van der Waals surface area contributed by atoms with Gasteiger partial charge in [-0.2, -0.15) is 0 Å². The molecule has 1 amide bonds. The van der Waals surface area contributed by atoms with Crippen molar-refractivity contribution in [2.24, 2.45) is 0 Å². The Morgan fingerprint density at radius 3 is 2.41 bits per heavy atom. The number of nitrogens with zero attached hydrogens (tertiary/aromatic N) is 4. The summed E-state index contributed by atoms with van der Waals surface area (Å²) in [6, 6.07) is 10.7. The Labute approximate surface area is 172 Å². The van der Waals surface area contributed by atoms with Crippen LogP contribution in [-0.4, -0.2) is 39.4 Å². The maximum Gasteiger partial charge on any atom is 0.211 e. The number of hydrogen-bond donors (Lipinski definition) is 1. The summed E-state index contributed by atoms with van der Waals surface area (Å²) in [7, 11) is 0. The van der Waals surface area contributed by atoms with Crippen LogP contribution in [0.4, 0.5) is 5.69 Å². The van der Waals surface area contributed by atoms with Gasteiger partial charge in [-0.25, -0.2) is 0 Å². The van der Waals surface area contributed by atoms with Gasteiger partial charge in [0.05, 0.1) is 11.9 Å². The number of piperidine rings is 1. The predicted molar refractivity (Wildman–Crippen MR) is 114 cm³/mol. The number of carbonyl (C=O) groups excluding carboxylic acids is 1. The molecule has 0 spiro atoms. The Kier molecular flexibility index (Phi) is 8.10. The van der Waals surface area contributed by atoms with Gasteiger partial charge in [-0.3, -0.25) is 24.6 Å². The number of likely N-dealkylation sites (tertiary alicyclic amines) is 1. The normalized spacial score (nSPS) is 13.7. The number of rotatable bonds is 6. The van der Waals surface area contributed by atoms with E-state index in [1.807, 2.05) is 12.3 Å². The summed E-state index contributed by atoms with van der Waals surface area (Å²) in [5, 5.41) is 2.55. The van der Waals surface area contributed by atoms with Crippen molar-refractivity contribution in [3.05, 3.63) is 73.1 Å². The molecule has 2 aromatic heterocycles. The Balaban J connectivity index is 0.000000211. The Bertz CT molecular complexity index is 844.